The Hall–Kier alpha value is -4.18. The lowest BCUT2D eigenvalue weighted by atomic mass is 9.98. The normalized spacial score (nSPS) is 13.0. The number of aromatic nitrogens is 2. The van der Waals surface area contributed by atoms with E-state index in [-0.39, 0.29) is 30.6 Å². The minimum atomic E-state index is -1.22. The molecule has 0 fully saturated rings. The fourth-order valence-electron chi connectivity index (χ4n) is 4.03. The van der Waals surface area contributed by atoms with Gasteiger partial charge >= 0.3 is 12.1 Å². The Bertz CT molecular complexity index is 1190. The molecular formula is C24H24N4O6. The number of carboxylic acid groups (broad SMARTS) is 1. The predicted molar refractivity (Wildman–Crippen MR) is 123 cm³/mol. The molecule has 0 radical (unpaired) electrons. The number of rotatable bonds is 8. The maximum Gasteiger partial charge on any atom is 0.407 e. The van der Waals surface area contributed by atoms with Crippen molar-refractivity contribution in [3.8, 4) is 11.1 Å². The number of hydrogen-bond donors (Lipinski definition) is 3. The molecule has 4 rings (SSSR count). The molecule has 1 atom stereocenters. The first kappa shape index (κ1) is 23.0. The van der Waals surface area contributed by atoms with Gasteiger partial charge in [-0.3, -0.25) is 9.48 Å². The molecule has 2 amide bonds. The summed E-state index contributed by atoms with van der Waals surface area (Å²) in [6, 6.07) is 16.1. The zero-order valence-electron chi connectivity index (χ0n) is 18.6. The van der Waals surface area contributed by atoms with Gasteiger partial charge in [-0.05, 0) is 22.3 Å². The number of aryl methyl sites for hydroxylation is 1. The Morgan fingerprint density at radius 2 is 1.71 bits per heavy atom. The van der Waals surface area contributed by atoms with Gasteiger partial charge < -0.3 is 25.2 Å². The van der Waals surface area contributed by atoms with E-state index in [4.69, 9.17) is 14.6 Å². The Morgan fingerprint density at radius 1 is 1.09 bits per heavy atom. The van der Waals surface area contributed by atoms with Crippen molar-refractivity contribution in [3.05, 3.63) is 71.4 Å². The first-order chi connectivity index (χ1) is 16.4. The molecule has 1 heterocycles. The number of hydrogen-bond acceptors (Lipinski definition) is 6. The molecule has 1 aliphatic carbocycles. The van der Waals surface area contributed by atoms with Crippen LogP contribution in [0.25, 0.3) is 11.1 Å². The Labute approximate surface area is 195 Å². The molecule has 1 unspecified atom stereocenters. The number of amides is 2. The van der Waals surface area contributed by atoms with E-state index < -0.39 is 24.0 Å². The van der Waals surface area contributed by atoms with E-state index in [0.717, 1.165) is 22.3 Å². The summed E-state index contributed by atoms with van der Waals surface area (Å²) in [6.45, 7) is -0.00937. The first-order valence-corrected chi connectivity index (χ1v) is 10.6. The average molecular weight is 464 g/mol. The Morgan fingerprint density at radius 3 is 2.26 bits per heavy atom. The second kappa shape index (κ2) is 9.75. The van der Waals surface area contributed by atoms with Crippen LogP contribution in [-0.2, 0) is 21.3 Å². The third-order valence-corrected chi connectivity index (χ3v) is 5.64. The lowest BCUT2D eigenvalue weighted by molar-refractivity contribution is -0.119. The third kappa shape index (κ3) is 4.62. The number of carbonyl (C=O) groups excluding carboxylic acids is 2. The van der Waals surface area contributed by atoms with Crippen LogP contribution in [0.15, 0.2) is 54.6 Å². The summed E-state index contributed by atoms with van der Waals surface area (Å²) >= 11 is 0. The van der Waals surface area contributed by atoms with Gasteiger partial charge in [-0.25, -0.2) is 9.59 Å². The van der Waals surface area contributed by atoms with Crippen molar-refractivity contribution < 1.29 is 29.0 Å². The Balaban J connectivity index is 1.41. The van der Waals surface area contributed by atoms with Gasteiger partial charge in [-0.2, -0.15) is 5.10 Å². The van der Waals surface area contributed by atoms with E-state index >= 15 is 0 Å². The molecule has 0 spiro atoms. The second-order valence-corrected chi connectivity index (χ2v) is 7.81. The smallest absolute Gasteiger partial charge is 0.407 e. The second-order valence-electron chi connectivity index (χ2n) is 7.81. The molecule has 1 aromatic heterocycles. The van der Waals surface area contributed by atoms with Crippen molar-refractivity contribution in [2.24, 2.45) is 7.05 Å². The van der Waals surface area contributed by atoms with Crippen molar-refractivity contribution in [2.45, 2.75) is 12.0 Å². The highest BCUT2D eigenvalue weighted by molar-refractivity contribution is 5.97. The van der Waals surface area contributed by atoms with Gasteiger partial charge in [0, 0.05) is 26.1 Å². The Kier molecular flexibility index (Phi) is 6.60. The van der Waals surface area contributed by atoms with Crippen molar-refractivity contribution in [1.82, 2.24) is 15.1 Å². The summed E-state index contributed by atoms with van der Waals surface area (Å²) in [5.74, 6) is -1.77. The number of carbonyl (C=O) groups is 3. The first-order valence-electron chi connectivity index (χ1n) is 10.6. The van der Waals surface area contributed by atoms with E-state index in [1.54, 1.807) is 0 Å². The zero-order chi connectivity index (χ0) is 24.2. The van der Waals surface area contributed by atoms with Gasteiger partial charge in [0.1, 0.15) is 18.5 Å². The third-order valence-electron chi connectivity index (χ3n) is 5.64. The van der Waals surface area contributed by atoms with Crippen LogP contribution in [0.2, 0.25) is 0 Å². The van der Waals surface area contributed by atoms with Crippen molar-refractivity contribution in [3.63, 3.8) is 0 Å². The number of benzene rings is 2. The van der Waals surface area contributed by atoms with Crippen LogP contribution >= 0.6 is 0 Å². The minimum Gasteiger partial charge on any atom is -0.476 e. The number of anilines is 1. The molecular weight excluding hydrogens is 440 g/mol. The summed E-state index contributed by atoms with van der Waals surface area (Å²) in [6.07, 6.45) is -0.768. The molecule has 0 saturated heterocycles. The van der Waals surface area contributed by atoms with Crippen LogP contribution in [0, 0.1) is 0 Å². The molecule has 3 aromatic rings. The standard InChI is InChI=1S/C24H24N4O6/c1-28-21(11-19(27-28)23(30)31)26-22(29)20(13-33-2)25-24(32)34-12-18-16-9-5-3-7-14(16)15-8-4-6-10-17(15)18/h3-11,18,20H,12-13H2,1-2H3,(H,25,32)(H,26,29)(H,30,31). The maximum absolute atomic E-state index is 12.7. The predicted octanol–water partition coefficient (Wildman–Crippen LogP) is 2.61. The number of fused-ring (bicyclic) bond motifs is 3. The van der Waals surface area contributed by atoms with Crippen molar-refractivity contribution >= 4 is 23.8 Å². The van der Waals surface area contributed by atoms with E-state index in [1.807, 2.05) is 48.5 Å². The summed E-state index contributed by atoms with van der Waals surface area (Å²) in [5, 5.41) is 17.9. The quantitative estimate of drug-likeness (QED) is 0.467. The highest BCUT2D eigenvalue weighted by Crippen LogP contribution is 2.44. The number of ether oxygens (including phenoxy) is 2. The summed E-state index contributed by atoms with van der Waals surface area (Å²) in [7, 11) is 2.89. The van der Waals surface area contributed by atoms with E-state index in [2.05, 4.69) is 15.7 Å². The molecule has 2 aromatic carbocycles. The maximum atomic E-state index is 12.7. The number of aromatic carboxylic acids is 1. The van der Waals surface area contributed by atoms with Gasteiger partial charge in [-0.1, -0.05) is 48.5 Å². The van der Waals surface area contributed by atoms with E-state index in [9.17, 15) is 14.4 Å². The van der Waals surface area contributed by atoms with Gasteiger partial charge in [0.15, 0.2) is 5.69 Å². The van der Waals surface area contributed by atoms with Gasteiger partial charge in [0.05, 0.1) is 6.61 Å². The lowest BCUT2D eigenvalue weighted by Crippen LogP contribution is -2.47. The largest absolute Gasteiger partial charge is 0.476 e. The monoisotopic (exact) mass is 464 g/mol. The fraction of sp³-hybridized carbons (Fsp3) is 0.250. The summed E-state index contributed by atoms with van der Waals surface area (Å²) in [5.41, 5.74) is 4.16. The average Bonchev–Trinajstić information content (AvgIpc) is 3.35. The number of nitrogens with zero attached hydrogens (tertiary/aromatic N) is 2. The van der Waals surface area contributed by atoms with Crippen LogP contribution in [-0.4, -0.2) is 59.2 Å². The molecule has 0 bridgehead atoms. The van der Waals surface area contributed by atoms with Crippen LogP contribution in [0.5, 0.6) is 0 Å². The van der Waals surface area contributed by atoms with Crippen molar-refractivity contribution in [2.75, 3.05) is 25.6 Å². The van der Waals surface area contributed by atoms with Crippen molar-refractivity contribution in [1.29, 1.82) is 0 Å². The van der Waals surface area contributed by atoms with Gasteiger partial charge in [-0.15, -0.1) is 0 Å². The molecule has 0 aliphatic heterocycles. The zero-order valence-corrected chi connectivity index (χ0v) is 18.6. The molecule has 176 valence electrons. The highest BCUT2D eigenvalue weighted by atomic mass is 16.5. The molecule has 3 N–H and O–H groups in total. The highest BCUT2D eigenvalue weighted by Gasteiger charge is 2.30. The summed E-state index contributed by atoms with van der Waals surface area (Å²) in [4.78, 5) is 36.4. The van der Waals surface area contributed by atoms with Crippen LogP contribution in [0.3, 0.4) is 0 Å². The number of nitrogens with one attached hydrogen (secondary N) is 2. The van der Waals surface area contributed by atoms with Crippen LogP contribution < -0.4 is 10.6 Å². The number of methoxy groups -OCH3 is 1. The topological polar surface area (TPSA) is 132 Å². The van der Waals surface area contributed by atoms with Crippen LogP contribution in [0.1, 0.15) is 27.5 Å². The molecule has 10 nitrogen and oxygen atoms in total. The van der Waals surface area contributed by atoms with E-state index in [1.165, 1.54) is 24.9 Å². The minimum absolute atomic E-state index is 0.102. The van der Waals surface area contributed by atoms with Crippen LogP contribution in [0.4, 0.5) is 10.6 Å². The summed E-state index contributed by atoms with van der Waals surface area (Å²) < 4.78 is 11.8. The molecule has 34 heavy (non-hydrogen) atoms. The number of carboxylic acids is 1. The lowest BCUT2D eigenvalue weighted by Gasteiger charge is -2.19. The number of alkyl carbamates (subject to hydrolysis) is 1. The van der Waals surface area contributed by atoms with Gasteiger partial charge in [0.2, 0.25) is 0 Å². The SMILES string of the molecule is COCC(NC(=O)OCC1c2ccccc2-c2ccccc21)C(=O)Nc1cc(C(=O)O)nn1C. The molecule has 0 saturated carbocycles. The fourth-order valence-corrected chi connectivity index (χ4v) is 4.03. The van der Waals surface area contributed by atoms with E-state index in [0.29, 0.717) is 0 Å². The molecule has 1 aliphatic rings. The molecule has 10 heteroatoms. The van der Waals surface area contributed by atoms with Gasteiger partial charge in [0.25, 0.3) is 5.91 Å².